The zero-order valence-electron chi connectivity index (χ0n) is 12.4. The molecule has 1 fully saturated rings. The molecule has 0 radical (unpaired) electrons. The fraction of sp³-hybridized carbons (Fsp3) is 0.750. The van der Waals surface area contributed by atoms with Crippen LogP contribution < -0.4 is 10.5 Å². The third-order valence-electron chi connectivity index (χ3n) is 3.18. The Kier molecular flexibility index (Phi) is 7.34. The summed E-state index contributed by atoms with van der Waals surface area (Å²) in [5, 5.41) is 15.3. The number of unbranched alkanes of at least 4 members (excludes halogenated alkanes) is 1. The lowest BCUT2D eigenvalue weighted by Crippen LogP contribution is -2.41. The van der Waals surface area contributed by atoms with E-state index in [4.69, 9.17) is 9.86 Å². The molecule has 21 heavy (non-hydrogen) atoms. The van der Waals surface area contributed by atoms with Gasteiger partial charge in [0, 0.05) is 12.8 Å². The van der Waals surface area contributed by atoms with Gasteiger partial charge in [-0.25, -0.2) is 4.79 Å². The highest BCUT2D eigenvalue weighted by Gasteiger charge is 2.34. The molecule has 1 saturated heterocycles. The van der Waals surface area contributed by atoms with Gasteiger partial charge in [-0.3, -0.25) is 9.59 Å². The molecule has 1 atom stereocenters. The molecule has 9 heteroatoms. The van der Waals surface area contributed by atoms with Crippen LogP contribution in [0.2, 0.25) is 6.82 Å². The van der Waals surface area contributed by atoms with Crippen LogP contribution in [-0.2, 0) is 19.2 Å². The Bertz CT molecular complexity index is 375. The number of nitrogens with zero attached hydrogens (tertiary/aromatic N) is 1. The van der Waals surface area contributed by atoms with Crippen LogP contribution in [0.15, 0.2) is 0 Å². The van der Waals surface area contributed by atoms with Gasteiger partial charge in [-0.1, -0.05) is 6.42 Å². The summed E-state index contributed by atoms with van der Waals surface area (Å²) in [5.74, 6) is -1.60. The summed E-state index contributed by atoms with van der Waals surface area (Å²) < 4.78 is 0. The van der Waals surface area contributed by atoms with Crippen molar-refractivity contribution in [2.75, 3.05) is 13.6 Å². The summed E-state index contributed by atoms with van der Waals surface area (Å²) in [7, 11) is 1.07. The van der Waals surface area contributed by atoms with Gasteiger partial charge >= 0.3 is 13.0 Å². The van der Waals surface area contributed by atoms with Gasteiger partial charge in [0.25, 0.3) is 11.8 Å². The number of carbonyl (C=O) groups is 3. The molecule has 0 aliphatic carbocycles. The second-order valence-corrected chi connectivity index (χ2v) is 4.96. The molecule has 3 N–H and O–H groups in total. The van der Waals surface area contributed by atoms with Crippen molar-refractivity contribution >= 4 is 24.8 Å². The minimum Gasteiger partial charge on any atom is -0.437 e. The first-order chi connectivity index (χ1) is 9.95. The van der Waals surface area contributed by atoms with Crippen molar-refractivity contribution in [1.29, 1.82) is 0 Å². The minimum absolute atomic E-state index is 0.0847. The number of likely N-dealkylation sites (N-methyl/N-ethyl adjacent to an activating group) is 1. The summed E-state index contributed by atoms with van der Waals surface area (Å²) >= 11 is 0. The van der Waals surface area contributed by atoms with E-state index in [2.05, 4.69) is 10.5 Å². The topological polar surface area (TPSA) is 108 Å². The van der Waals surface area contributed by atoms with Crippen molar-refractivity contribution in [3.63, 3.8) is 0 Å². The fourth-order valence-corrected chi connectivity index (χ4v) is 1.98. The number of imide groups is 1. The molecule has 1 aliphatic rings. The zero-order chi connectivity index (χ0) is 15.8. The molecular weight excluding hydrogens is 277 g/mol. The lowest BCUT2D eigenvalue weighted by Gasteiger charge is -2.18. The normalized spacial score (nSPS) is 16.2. The maximum Gasteiger partial charge on any atom is 0.373 e. The number of nitrogens with one attached hydrogen (secondary N) is 2. The Morgan fingerprint density at radius 2 is 2.00 bits per heavy atom. The van der Waals surface area contributed by atoms with Crippen LogP contribution in [0.4, 0.5) is 0 Å². The van der Waals surface area contributed by atoms with Crippen LogP contribution >= 0.6 is 0 Å². The van der Waals surface area contributed by atoms with Crippen molar-refractivity contribution < 1.29 is 24.2 Å². The van der Waals surface area contributed by atoms with Gasteiger partial charge in [0.05, 0.1) is 0 Å². The molecule has 0 aromatic carbocycles. The molecule has 0 aromatic rings. The third kappa shape index (κ3) is 5.82. The smallest absolute Gasteiger partial charge is 0.373 e. The van der Waals surface area contributed by atoms with Crippen molar-refractivity contribution in [1.82, 2.24) is 15.6 Å². The first kappa shape index (κ1) is 17.6. The van der Waals surface area contributed by atoms with E-state index in [9.17, 15) is 14.4 Å². The van der Waals surface area contributed by atoms with Gasteiger partial charge in [0.15, 0.2) is 0 Å². The second kappa shape index (κ2) is 8.76. The molecule has 2 amide bonds. The number of hydrogen-bond donors (Lipinski definition) is 3. The minimum atomic E-state index is -0.635. The molecule has 0 spiro atoms. The van der Waals surface area contributed by atoms with Crippen LogP contribution in [0.1, 0.15) is 32.1 Å². The van der Waals surface area contributed by atoms with Gasteiger partial charge in [0.1, 0.15) is 6.04 Å². The Morgan fingerprint density at radius 3 is 2.52 bits per heavy atom. The van der Waals surface area contributed by atoms with E-state index < -0.39 is 30.9 Å². The number of rotatable bonds is 9. The van der Waals surface area contributed by atoms with Gasteiger partial charge in [-0.15, -0.1) is 5.06 Å². The number of hydroxylamine groups is 2. The third-order valence-corrected chi connectivity index (χ3v) is 3.18. The Hall–Kier alpha value is -1.45. The van der Waals surface area contributed by atoms with Crippen LogP contribution in [0.25, 0.3) is 0 Å². The Balaban J connectivity index is 2.32. The van der Waals surface area contributed by atoms with E-state index in [1.807, 2.05) is 0 Å². The molecule has 118 valence electrons. The summed E-state index contributed by atoms with van der Waals surface area (Å²) in [6, 6.07) is -0.572. The highest BCUT2D eigenvalue weighted by Crippen LogP contribution is 2.13. The molecular formula is C12H22BN3O5. The van der Waals surface area contributed by atoms with Crippen LogP contribution in [0.5, 0.6) is 0 Å². The van der Waals surface area contributed by atoms with E-state index >= 15 is 0 Å². The molecule has 1 rings (SSSR count). The monoisotopic (exact) mass is 299 g/mol. The quantitative estimate of drug-likeness (QED) is 0.286. The van der Waals surface area contributed by atoms with Gasteiger partial charge < -0.3 is 20.4 Å². The molecule has 0 aromatic heterocycles. The highest BCUT2D eigenvalue weighted by molar-refractivity contribution is 6.45. The summed E-state index contributed by atoms with van der Waals surface area (Å²) in [5.41, 5.74) is 0. The lowest BCUT2D eigenvalue weighted by molar-refractivity contribution is -0.199. The molecule has 0 bridgehead atoms. The first-order valence-corrected chi connectivity index (χ1v) is 7.12. The SMILES string of the molecule is CN[C@@H](CCCCNB(C)O)C(=O)ON1C(=O)CCC1=O. The molecule has 1 aliphatic heterocycles. The van der Waals surface area contributed by atoms with Crippen LogP contribution in [0.3, 0.4) is 0 Å². The van der Waals surface area contributed by atoms with Gasteiger partial charge in [-0.05, 0) is 33.3 Å². The number of carbonyl (C=O) groups excluding carboxylic acids is 3. The van der Waals surface area contributed by atoms with Crippen molar-refractivity contribution in [2.45, 2.75) is 45.0 Å². The van der Waals surface area contributed by atoms with E-state index in [1.54, 1.807) is 13.9 Å². The predicted molar refractivity (Wildman–Crippen MR) is 75.7 cm³/mol. The summed E-state index contributed by atoms with van der Waals surface area (Å²) in [6.07, 6.45) is 2.22. The van der Waals surface area contributed by atoms with E-state index in [0.717, 1.165) is 12.8 Å². The molecule has 0 saturated carbocycles. The first-order valence-electron chi connectivity index (χ1n) is 7.12. The van der Waals surface area contributed by atoms with Crippen molar-refractivity contribution in [3.05, 3.63) is 0 Å². The van der Waals surface area contributed by atoms with Crippen LogP contribution in [-0.4, -0.2) is 54.6 Å². The standard InChI is InChI=1S/C12H22BN3O5/c1-13(20)15-8-4-3-5-9(14-2)12(19)21-16-10(17)6-7-11(16)18/h9,14-15,20H,3-8H2,1-2H3/t9-/m0/s1. The maximum absolute atomic E-state index is 11.9. The molecule has 0 unspecified atom stereocenters. The second-order valence-electron chi connectivity index (χ2n) is 4.96. The number of amides is 2. The predicted octanol–water partition coefficient (Wildman–Crippen LogP) is -0.948. The van der Waals surface area contributed by atoms with Crippen molar-refractivity contribution in [3.8, 4) is 0 Å². The zero-order valence-corrected chi connectivity index (χ0v) is 12.4. The van der Waals surface area contributed by atoms with E-state index in [1.165, 1.54) is 0 Å². The van der Waals surface area contributed by atoms with Crippen LogP contribution in [0, 0.1) is 0 Å². The van der Waals surface area contributed by atoms with E-state index in [-0.39, 0.29) is 12.8 Å². The van der Waals surface area contributed by atoms with E-state index in [0.29, 0.717) is 18.0 Å². The molecule has 8 nitrogen and oxygen atoms in total. The molecule has 1 heterocycles. The van der Waals surface area contributed by atoms with Gasteiger partial charge in [-0.2, -0.15) is 0 Å². The average molecular weight is 299 g/mol. The average Bonchev–Trinajstić information content (AvgIpc) is 2.74. The highest BCUT2D eigenvalue weighted by atomic mass is 16.7. The lowest BCUT2D eigenvalue weighted by atomic mass is 9.89. The summed E-state index contributed by atoms with van der Waals surface area (Å²) in [4.78, 5) is 39.5. The van der Waals surface area contributed by atoms with Crippen molar-refractivity contribution in [2.24, 2.45) is 0 Å². The number of hydrogen-bond acceptors (Lipinski definition) is 7. The maximum atomic E-state index is 11.9. The largest absolute Gasteiger partial charge is 0.437 e. The fourth-order valence-electron chi connectivity index (χ4n) is 1.98. The summed E-state index contributed by atoms with van der Waals surface area (Å²) in [6.45, 7) is 2.28. The Labute approximate surface area is 124 Å². The van der Waals surface area contributed by atoms with Gasteiger partial charge in [0.2, 0.25) is 0 Å². The Morgan fingerprint density at radius 1 is 1.38 bits per heavy atom.